The molecule has 0 aliphatic rings. The summed E-state index contributed by atoms with van der Waals surface area (Å²) in [5.74, 6) is -0.861. The zero-order chi connectivity index (χ0) is 22.3. The second-order valence-corrected chi connectivity index (χ2v) is 8.14. The monoisotopic (exact) mass is 433 g/mol. The van der Waals surface area contributed by atoms with Gasteiger partial charge in [0.2, 0.25) is 0 Å². The number of carbonyl (C=O) groups excluding carboxylic acids is 3. The van der Waals surface area contributed by atoms with Crippen LogP contribution in [-0.2, 0) is 14.3 Å². The fourth-order valence-corrected chi connectivity index (χ4v) is 3.60. The first kappa shape index (κ1) is 23.4. The third-order valence-electron chi connectivity index (χ3n) is 4.00. The Labute approximate surface area is 180 Å². The minimum Gasteiger partial charge on any atom is -0.484 e. The number of hydrogen-bond donors (Lipinski definition) is 1. The van der Waals surface area contributed by atoms with Crippen LogP contribution in [0.2, 0.25) is 0 Å². The number of rotatable bonds is 9. The maximum atomic E-state index is 12.4. The lowest BCUT2D eigenvalue weighted by Crippen LogP contribution is -2.21. The molecule has 1 heterocycles. The normalized spacial score (nSPS) is 10.6. The van der Waals surface area contributed by atoms with E-state index in [9.17, 15) is 14.4 Å². The molecule has 1 N–H and O–H groups in total. The molecule has 0 aliphatic carbocycles. The van der Waals surface area contributed by atoms with Gasteiger partial charge in [0.25, 0.3) is 5.91 Å². The molecule has 1 aromatic carbocycles. The summed E-state index contributed by atoms with van der Waals surface area (Å²) in [5, 5.41) is 2.89. The van der Waals surface area contributed by atoms with Crippen molar-refractivity contribution in [2.75, 3.05) is 25.1 Å². The molecule has 162 valence electrons. The van der Waals surface area contributed by atoms with Crippen LogP contribution in [0.4, 0.5) is 5.00 Å². The van der Waals surface area contributed by atoms with Gasteiger partial charge in [0, 0.05) is 0 Å². The molecule has 0 radical (unpaired) electrons. The Kier molecular flexibility index (Phi) is 8.41. The zero-order valence-corrected chi connectivity index (χ0v) is 18.7. The molecular formula is C22H27NO6S. The maximum Gasteiger partial charge on any atom is 0.348 e. The molecule has 0 bridgehead atoms. The highest BCUT2D eigenvalue weighted by atomic mass is 32.1. The summed E-state index contributed by atoms with van der Waals surface area (Å²) in [6.45, 7) is 9.32. The van der Waals surface area contributed by atoms with Crippen LogP contribution in [0.1, 0.15) is 51.9 Å². The summed E-state index contributed by atoms with van der Waals surface area (Å²) in [4.78, 5) is 37.5. The average Bonchev–Trinajstić information content (AvgIpc) is 3.01. The SMILES string of the molecule is CCOC(=O)c1c(NC(=O)COc2ccc(C)cc2)sc(C(=O)OCC(C)C)c1C. The van der Waals surface area contributed by atoms with E-state index in [1.165, 1.54) is 0 Å². The van der Waals surface area contributed by atoms with E-state index in [0.717, 1.165) is 16.9 Å². The van der Waals surface area contributed by atoms with Crippen molar-refractivity contribution >= 4 is 34.2 Å². The molecule has 0 saturated carbocycles. The van der Waals surface area contributed by atoms with E-state index in [4.69, 9.17) is 14.2 Å². The lowest BCUT2D eigenvalue weighted by Gasteiger charge is -2.08. The predicted octanol–water partition coefficient (Wildman–Crippen LogP) is 4.37. The lowest BCUT2D eigenvalue weighted by atomic mass is 10.1. The van der Waals surface area contributed by atoms with Gasteiger partial charge in [-0.15, -0.1) is 11.3 Å². The predicted molar refractivity (Wildman–Crippen MR) is 115 cm³/mol. The number of thiophene rings is 1. The molecule has 2 rings (SSSR count). The first-order valence-electron chi connectivity index (χ1n) is 9.69. The van der Waals surface area contributed by atoms with Gasteiger partial charge < -0.3 is 19.5 Å². The average molecular weight is 434 g/mol. The van der Waals surface area contributed by atoms with E-state index in [0.29, 0.717) is 11.3 Å². The lowest BCUT2D eigenvalue weighted by molar-refractivity contribution is -0.118. The van der Waals surface area contributed by atoms with Gasteiger partial charge in [-0.1, -0.05) is 31.5 Å². The van der Waals surface area contributed by atoms with Crippen LogP contribution in [-0.4, -0.2) is 37.7 Å². The number of carbonyl (C=O) groups is 3. The fourth-order valence-electron chi connectivity index (χ4n) is 2.50. The largest absolute Gasteiger partial charge is 0.484 e. The molecular weight excluding hydrogens is 406 g/mol. The van der Waals surface area contributed by atoms with Crippen molar-refractivity contribution in [2.45, 2.75) is 34.6 Å². The van der Waals surface area contributed by atoms with Crippen molar-refractivity contribution in [3.8, 4) is 5.75 Å². The maximum absolute atomic E-state index is 12.4. The van der Waals surface area contributed by atoms with Gasteiger partial charge >= 0.3 is 11.9 Å². The molecule has 0 aliphatic heterocycles. The Hall–Kier alpha value is -2.87. The molecule has 0 fully saturated rings. The molecule has 0 saturated heterocycles. The molecule has 1 aromatic heterocycles. The van der Waals surface area contributed by atoms with Gasteiger partial charge in [-0.05, 0) is 44.4 Å². The third-order valence-corrected chi connectivity index (χ3v) is 5.19. The van der Waals surface area contributed by atoms with Crippen LogP contribution < -0.4 is 10.1 Å². The molecule has 30 heavy (non-hydrogen) atoms. The molecule has 7 nitrogen and oxygen atoms in total. The number of amides is 1. The zero-order valence-electron chi connectivity index (χ0n) is 17.9. The van der Waals surface area contributed by atoms with Crippen LogP contribution in [0.5, 0.6) is 5.75 Å². The van der Waals surface area contributed by atoms with Gasteiger partial charge in [-0.3, -0.25) is 4.79 Å². The van der Waals surface area contributed by atoms with Gasteiger partial charge in [0.1, 0.15) is 15.6 Å². The molecule has 0 atom stereocenters. The van der Waals surface area contributed by atoms with Gasteiger partial charge in [-0.25, -0.2) is 9.59 Å². The summed E-state index contributed by atoms with van der Waals surface area (Å²) in [6.07, 6.45) is 0. The first-order valence-corrected chi connectivity index (χ1v) is 10.5. The van der Waals surface area contributed by atoms with Crippen molar-refractivity contribution in [2.24, 2.45) is 5.92 Å². The number of hydrogen-bond acceptors (Lipinski definition) is 7. The standard InChI is InChI=1S/C22H27NO6S/c1-6-27-21(25)18-15(5)19(22(26)29-11-13(2)3)30-20(18)23-17(24)12-28-16-9-7-14(4)8-10-16/h7-10,13H,6,11-12H2,1-5H3,(H,23,24). The van der Waals surface area contributed by atoms with Gasteiger partial charge in [0.05, 0.1) is 18.8 Å². The third kappa shape index (κ3) is 6.32. The smallest absolute Gasteiger partial charge is 0.348 e. The Balaban J connectivity index is 2.18. The molecule has 0 spiro atoms. The highest BCUT2D eigenvalue weighted by molar-refractivity contribution is 7.18. The number of nitrogens with one attached hydrogen (secondary N) is 1. The number of ether oxygens (including phenoxy) is 3. The van der Waals surface area contributed by atoms with Crippen molar-refractivity contribution in [1.29, 1.82) is 0 Å². The summed E-state index contributed by atoms with van der Waals surface area (Å²) >= 11 is 0.989. The molecule has 8 heteroatoms. The molecule has 0 unspecified atom stereocenters. The number of benzene rings is 1. The highest BCUT2D eigenvalue weighted by Crippen LogP contribution is 2.34. The van der Waals surface area contributed by atoms with E-state index < -0.39 is 17.8 Å². The Bertz CT molecular complexity index is 901. The van der Waals surface area contributed by atoms with Crippen LogP contribution in [0.3, 0.4) is 0 Å². The van der Waals surface area contributed by atoms with E-state index in [1.807, 2.05) is 32.9 Å². The first-order chi connectivity index (χ1) is 14.2. The van der Waals surface area contributed by atoms with E-state index in [1.54, 1.807) is 26.0 Å². The van der Waals surface area contributed by atoms with Crippen molar-refractivity contribution < 1.29 is 28.6 Å². The van der Waals surface area contributed by atoms with Crippen molar-refractivity contribution in [1.82, 2.24) is 0 Å². The van der Waals surface area contributed by atoms with Gasteiger partial charge in [0.15, 0.2) is 6.61 Å². The number of anilines is 1. The van der Waals surface area contributed by atoms with Crippen LogP contribution in [0.25, 0.3) is 0 Å². The van der Waals surface area contributed by atoms with Crippen LogP contribution in [0.15, 0.2) is 24.3 Å². The molecule has 2 aromatic rings. The Morgan fingerprint density at radius 3 is 2.30 bits per heavy atom. The van der Waals surface area contributed by atoms with E-state index in [2.05, 4.69) is 5.32 Å². The van der Waals surface area contributed by atoms with Crippen LogP contribution in [0, 0.1) is 19.8 Å². The highest BCUT2D eigenvalue weighted by Gasteiger charge is 2.27. The minimum atomic E-state index is -0.607. The van der Waals surface area contributed by atoms with Crippen LogP contribution >= 0.6 is 11.3 Å². The van der Waals surface area contributed by atoms with Crippen molar-refractivity contribution in [3.05, 3.63) is 45.8 Å². The Morgan fingerprint density at radius 2 is 1.70 bits per heavy atom. The summed E-state index contributed by atoms with van der Waals surface area (Å²) < 4.78 is 15.9. The molecule has 1 amide bonds. The number of aryl methyl sites for hydroxylation is 1. The second kappa shape index (κ2) is 10.8. The quantitative estimate of drug-likeness (QED) is 0.591. The van der Waals surface area contributed by atoms with Gasteiger partial charge in [-0.2, -0.15) is 0 Å². The van der Waals surface area contributed by atoms with E-state index in [-0.39, 0.29) is 41.2 Å². The fraction of sp³-hybridized carbons (Fsp3) is 0.409. The summed E-state index contributed by atoms with van der Waals surface area (Å²) in [7, 11) is 0. The van der Waals surface area contributed by atoms with Crippen molar-refractivity contribution in [3.63, 3.8) is 0 Å². The number of esters is 2. The topological polar surface area (TPSA) is 90.9 Å². The van der Waals surface area contributed by atoms with E-state index >= 15 is 0 Å². The minimum absolute atomic E-state index is 0.155. The second-order valence-electron chi connectivity index (χ2n) is 7.12. The summed E-state index contributed by atoms with van der Waals surface area (Å²) in [6, 6.07) is 7.29. The summed E-state index contributed by atoms with van der Waals surface area (Å²) in [5.41, 5.74) is 1.65. The Morgan fingerprint density at radius 1 is 1.03 bits per heavy atom.